The minimum atomic E-state index is -0.660. The summed E-state index contributed by atoms with van der Waals surface area (Å²) in [5, 5.41) is 9.80. The van der Waals surface area contributed by atoms with E-state index >= 15 is 0 Å². The first-order chi connectivity index (χ1) is 15.7. The van der Waals surface area contributed by atoms with Crippen LogP contribution in [0, 0.1) is 12.8 Å². The Morgan fingerprint density at radius 1 is 1.09 bits per heavy atom. The van der Waals surface area contributed by atoms with Gasteiger partial charge in [0.15, 0.2) is 0 Å². The molecule has 176 valence electrons. The van der Waals surface area contributed by atoms with E-state index in [2.05, 4.69) is 15.6 Å². The van der Waals surface area contributed by atoms with Crippen molar-refractivity contribution in [1.29, 1.82) is 0 Å². The number of fused-ring (bicyclic) bond motifs is 1. The number of benzene rings is 1. The molecule has 2 aliphatic heterocycles. The molecule has 1 fully saturated rings. The summed E-state index contributed by atoms with van der Waals surface area (Å²) in [6.45, 7) is 8.10. The summed E-state index contributed by atoms with van der Waals surface area (Å²) in [6.07, 6.45) is 1.72. The number of carbonyl (C=O) groups is 3. The second-order valence-corrected chi connectivity index (χ2v) is 9.01. The van der Waals surface area contributed by atoms with Crippen molar-refractivity contribution in [3.63, 3.8) is 0 Å². The molecule has 1 saturated heterocycles. The normalized spacial score (nSPS) is 17.3. The van der Waals surface area contributed by atoms with Crippen LogP contribution in [0.2, 0.25) is 5.02 Å². The lowest BCUT2D eigenvalue weighted by Gasteiger charge is -2.40. The highest BCUT2D eigenvalue weighted by molar-refractivity contribution is 6.30. The van der Waals surface area contributed by atoms with Crippen molar-refractivity contribution in [2.45, 2.75) is 33.4 Å². The molecule has 11 heteroatoms. The van der Waals surface area contributed by atoms with Crippen LogP contribution in [0.15, 0.2) is 30.5 Å². The van der Waals surface area contributed by atoms with Gasteiger partial charge in [-0.2, -0.15) is 0 Å². The third kappa shape index (κ3) is 4.81. The number of piperazine rings is 1. The summed E-state index contributed by atoms with van der Waals surface area (Å²) in [4.78, 5) is 44.4. The number of rotatable bonds is 5. The fourth-order valence-electron chi connectivity index (χ4n) is 4.13. The summed E-state index contributed by atoms with van der Waals surface area (Å²) >= 11 is 5.88. The van der Waals surface area contributed by atoms with E-state index in [9.17, 15) is 14.4 Å². The lowest BCUT2D eigenvalue weighted by atomic mass is 10.0. The van der Waals surface area contributed by atoms with E-state index in [1.807, 2.05) is 25.8 Å². The number of carbonyl (C=O) groups excluding carboxylic acids is 3. The lowest BCUT2D eigenvalue weighted by molar-refractivity contribution is -0.138. The largest absolute Gasteiger partial charge is 0.344 e. The maximum Gasteiger partial charge on any atom is 0.344 e. The number of halogens is 1. The number of hydrogen-bond acceptors (Lipinski definition) is 5. The summed E-state index contributed by atoms with van der Waals surface area (Å²) in [5.41, 5.74) is 1.46. The molecule has 0 saturated carbocycles. The minimum absolute atomic E-state index is 0.0898. The first kappa shape index (κ1) is 23.1. The van der Waals surface area contributed by atoms with Gasteiger partial charge in [-0.15, -0.1) is 0 Å². The average Bonchev–Trinajstić information content (AvgIpc) is 3.32. The van der Waals surface area contributed by atoms with E-state index in [0.717, 1.165) is 5.69 Å². The first-order valence-electron chi connectivity index (χ1n) is 11.0. The molecule has 0 unspecified atom stereocenters. The number of hydrazine groups is 1. The Morgan fingerprint density at radius 3 is 2.36 bits per heavy atom. The maximum absolute atomic E-state index is 13.2. The number of aromatic nitrogens is 2. The Morgan fingerprint density at radius 2 is 1.76 bits per heavy atom. The minimum Gasteiger partial charge on any atom is -0.338 e. The molecule has 2 aromatic rings. The van der Waals surface area contributed by atoms with Crippen LogP contribution in [0.25, 0.3) is 0 Å². The molecule has 2 aliphatic rings. The van der Waals surface area contributed by atoms with Gasteiger partial charge in [0.2, 0.25) is 5.91 Å². The first-order valence-corrected chi connectivity index (χ1v) is 11.3. The summed E-state index contributed by atoms with van der Waals surface area (Å²) in [7, 11) is 0. The van der Waals surface area contributed by atoms with Crippen molar-refractivity contribution in [2.75, 3.05) is 31.5 Å². The Hall–Kier alpha value is -3.11. The molecule has 1 atom stereocenters. The predicted molar refractivity (Wildman–Crippen MR) is 124 cm³/mol. The molecule has 33 heavy (non-hydrogen) atoms. The topological polar surface area (TPSA) is 103 Å². The fourth-order valence-corrected chi connectivity index (χ4v) is 4.26. The Labute approximate surface area is 197 Å². The molecule has 0 aliphatic carbocycles. The van der Waals surface area contributed by atoms with E-state index in [0.29, 0.717) is 49.3 Å². The van der Waals surface area contributed by atoms with Gasteiger partial charge in [-0.05, 0) is 37.1 Å². The quantitative estimate of drug-likeness (QED) is 0.694. The molecule has 4 amide bonds. The van der Waals surface area contributed by atoms with Gasteiger partial charge in [-0.25, -0.2) is 24.1 Å². The molecule has 2 N–H and O–H groups in total. The highest BCUT2D eigenvalue weighted by atomic mass is 35.5. The molecular formula is C22H28ClN7O3. The second kappa shape index (κ2) is 9.40. The van der Waals surface area contributed by atoms with Crippen molar-refractivity contribution in [3.05, 3.63) is 47.0 Å². The van der Waals surface area contributed by atoms with E-state index in [-0.39, 0.29) is 17.9 Å². The van der Waals surface area contributed by atoms with Crippen LogP contribution in [0.4, 0.5) is 15.3 Å². The van der Waals surface area contributed by atoms with Gasteiger partial charge in [0, 0.05) is 36.9 Å². The van der Waals surface area contributed by atoms with E-state index in [4.69, 9.17) is 11.6 Å². The highest BCUT2D eigenvalue weighted by Gasteiger charge is 2.36. The van der Waals surface area contributed by atoms with Crippen molar-refractivity contribution in [1.82, 2.24) is 29.8 Å². The zero-order chi connectivity index (χ0) is 23.7. The monoisotopic (exact) mass is 473 g/mol. The van der Waals surface area contributed by atoms with E-state index in [1.54, 1.807) is 44.9 Å². The molecule has 10 nitrogen and oxygen atoms in total. The zero-order valence-corrected chi connectivity index (χ0v) is 19.7. The van der Waals surface area contributed by atoms with Gasteiger partial charge < -0.3 is 15.5 Å². The standard InChI is InChI=1S/C22H28ClN7O3/c1-14(2)19(26-21(32)25-17-6-4-16(23)5-7-17)20(31)27-8-10-28(11-9-27)29-13-18-12-24-15(3)30(18)22(29)33/h4-7,12,14,19H,8-11,13H2,1-3H3,(H2,25,26,32)/t19-/m1/s1. The molecular weight excluding hydrogens is 446 g/mol. The Balaban J connectivity index is 1.33. The Bertz CT molecular complexity index is 1040. The van der Waals surface area contributed by atoms with Crippen LogP contribution < -0.4 is 10.6 Å². The fraction of sp³-hybridized carbons (Fsp3) is 0.455. The lowest BCUT2D eigenvalue weighted by Crippen LogP contribution is -2.59. The SMILES string of the molecule is Cc1ncc2n1C(=O)N(N1CCN(C(=O)[C@H](NC(=O)Nc3ccc(Cl)cc3)C(C)C)CC1)C2. The summed E-state index contributed by atoms with van der Waals surface area (Å²) in [5.74, 6) is 0.456. The van der Waals surface area contributed by atoms with Crippen LogP contribution in [-0.4, -0.2) is 74.7 Å². The number of amides is 4. The van der Waals surface area contributed by atoms with Gasteiger partial charge in [0.25, 0.3) is 0 Å². The molecule has 0 spiro atoms. The van der Waals surface area contributed by atoms with Crippen molar-refractivity contribution < 1.29 is 14.4 Å². The van der Waals surface area contributed by atoms with Crippen LogP contribution >= 0.6 is 11.6 Å². The van der Waals surface area contributed by atoms with Crippen LogP contribution in [0.5, 0.6) is 0 Å². The summed E-state index contributed by atoms with van der Waals surface area (Å²) in [6, 6.07) is 5.54. The second-order valence-electron chi connectivity index (χ2n) is 8.58. The molecule has 4 rings (SSSR count). The molecule has 1 aromatic carbocycles. The highest BCUT2D eigenvalue weighted by Crippen LogP contribution is 2.22. The number of anilines is 1. The van der Waals surface area contributed by atoms with Gasteiger partial charge >= 0.3 is 12.1 Å². The molecule has 0 bridgehead atoms. The molecule has 1 aromatic heterocycles. The van der Waals surface area contributed by atoms with Gasteiger partial charge in [0.1, 0.15) is 11.9 Å². The number of aryl methyl sites for hydroxylation is 1. The third-order valence-corrected chi connectivity index (χ3v) is 6.22. The van der Waals surface area contributed by atoms with E-state index < -0.39 is 12.1 Å². The Kier molecular flexibility index (Phi) is 6.57. The number of hydrogen-bond donors (Lipinski definition) is 2. The number of nitrogens with zero attached hydrogens (tertiary/aromatic N) is 5. The number of urea groups is 1. The van der Waals surface area contributed by atoms with Crippen LogP contribution in [-0.2, 0) is 11.3 Å². The maximum atomic E-state index is 13.2. The van der Waals surface area contributed by atoms with Crippen molar-refractivity contribution >= 4 is 35.3 Å². The van der Waals surface area contributed by atoms with E-state index in [1.165, 1.54) is 0 Å². The zero-order valence-electron chi connectivity index (χ0n) is 18.9. The number of nitrogens with one attached hydrogen (secondary N) is 2. The van der Waals surface area contributed by atoms with Crippen molar-refractivity contribution in [3.8, 4) is 0 Å². The van der Waals surface area contributed by atoms with Crippen molar-refractivity contribution in [2.24, 2.45) is 5.92 Å². The third-order valence-electron chi connectivity index (χ3n) is 5.97. The smallest absolute Gasteiger partial charge is 0.338 e. The average molecular weight is 474 g/mol. The number of imidazole rings is 1. The van der Waals surface area contributed by atoms with Gasteiger partial charge in [-0.3, -0.25) is 9.80 Å². The van der Waals surface area contributed by atoms with Crippen LogP contribution in [0.3, 0.4) is 0 Å². The molecule has 3 heterocycles. The predicted octanol–water partition coefficient (Wildman–Crippen LogP) is 2.53. The molecule has 0 radical (unpaired) electrons. The van der Waals surface area contributed by atoms with Crippen LogP contribution in [0.1, 0.15) is 25.4 Å². The summed E-state index contributed by atoms with van der Waals surface area (Å²) < 4.78 is 1.62. The van der Waals surface area contributed by atoms with Gasteiger partial charge in [0.05, 0.1) is 18.4 Å². The van der Waals surface area contributed by atoms with Gasteiger partial charge in [-0.1, -0.05) is 25.4 Å².